The Morgan fingerprint density at radius 2 is 2.08 bits per heavy atom. The number of rotatable bonds is 1. The second kappa shape index (κ2) is 3.27. The molecule has 1 saturated carbocycles. The predicted octanol–water partition coefficient (Wildman–Crippen LogP) is 3.38. The summed E-state index contributed by atoms with van der Waals surface area (Å²) in [7, 11) is 0. The third kappa shape index (κ3) is 1.76. The molecule has 1 saturated heterocycles. The van der Waals surface area contributed by atoms with E-state index in [1.807, 2.05) is 0 Å². The van der Waals surface area contributed by atoms with E-state index in [1.54, 1.807) is 0 Å². The first kappa shape index (κ1) is 9.51. The van der Waals surface area contributed by atoms with Gasteiger partial charge in [0, 0.05) is 0 Å². The predicted molar refractivity (Wildman–Crippen MR) is 54.7 cm³/mol. The van der Waals surface area contributed by atoms with Crippen molar-refractivity contribution in [1.29, 1.82) is 0 Å². The third-order valence-corrected chi connectivity index (χ3v) is 3.81. The molecule has 0 aromatic heterocycles. The zero-order chi connectivity index (χ0) is 9.47. The van der Waals surface area contributed by atoms with Crippen LogP contribution in [0.5, 0.6) is 0 Å². The molecular weight excluding hydrogens is 160 g/mol. The molecule has 0 spiro atoms. The molecule has 76 valence electrons. The molecule has 1 nitrogen and oxygen atoms in total. The van der Waals surface area contributed by atoms with Crippen molar-refractivity contribution in [3.8, 4) is 0 Å². The highest BCUT2D eigenvalue weighted by atomic mass is 16.5. The van der Waals surface area contributed by atoms with Gasteiger partial charge >= 0.3 is 0 Å². The van der Waals surface area contributed by atoms with Gasteiger partial charge in [-0.1, -0.05) is 19.8 Å². The van der Waals surface area contributed by atoms with Crippen molar-refractivity contribution >= 4 is 0 Å². The summed E-state index contributed by atoms with van der Waals surface area (Å²) in [6.07, 6.45) is 7.41. The highest BCUT2D eigenvalue weighted by Crippen LogP contribution is 2.45. The van der Waals surface area contributed by atoms with E-state index >= 15 is 0 Å². The van der Waals surface area contributed by atoms with Crippen molar-refractivity contribution in [3.05, 3.63) is 0 Å². The Labute approximate surface area is 81.9 Å². The molecule has 0 N–H and O–H groups in total. The quantitative estimate of drug-likeness (QED) is 0.604. The summed E-state index contributed by atoms with van der Waals surface area (Å²) < 4.78 is 6.16. The molecule has 0 radical (unpaired) electrons. The summed E-state index contributed by atoms with van der Waals surface area (Å²) in [5.74, 6) is 1.72. The van der Waals surface area contributed by atoms with Gasteiger partial charge in [0.1, 0.15) is 0 Å². The first-order valence-electron chi connectivity index (χ1n) is 5.80. The number of hydrogen-bond acceptors (Lipinski definition) is 1. The number of ether oxygens (including phenoxy) is 1. The Balaban J connectivity index is 2.08. The topological polar surface area (TPSA) is 9.23 Å². The van der Waals surface area contributed by atoms with Crippen molar-refractivity contribution in [3.63, 3.8) is 0 Å². The lowest BCUT2D eigenvalue weighted by atomic mass is 9.76. The van der Waals surface area contributed by atoms with Crippen LogP contribution in [0.1, 0.15) is 52.9 Å². The average Bonchev–Trinajstić information content (AvgIpc) is 2.37. The van der Waals surface area contributed by atoms with E-state index in [0.717, 1.165) is 11.8 Å². The van der Waals surface area contributed by atoms with Crippen LogP contribution >= 0.6 is 0 Å². The first-order valence-corrected chi connectivity index (χ1v) is 5.80. The fraction of sp³-hybridized carbons (Fsp3) is 1.00. The zero-order valence-corrected chi connectivity index (χ0v) is 9.18. The van der Waals surface area contributed by atoms with Gasteiger partial charge in [0.2, 0.25) is 0 Å². The van der Waals surface area contributed by atoms with Crippen LogP contribution in [0.2, 0.25) is 0 Å². The Morgan fingerprint density at radius 1 is 1.31 bits per heavy atom. The van der Waals surface area contributed by atoms with Crippen LogP contribution in [-0.4, -0.2) is 11.7 Å². The highest BCUT2D eigenvalue weighted by Gasteiger charge is 2.44. The molecule has 0 aromatic carbocycles. The van der Waals surface area contributed by atoms with Crippen LogP contribution in [0.25, 0.3) is 0 Å². The van der Waals surface area contributed by atoms with E-state index in [4.69, 9.17) is 4.74 Å². The summed E-state index contributed by atoms with van der Waals surface area (Å²) in [5.41, 5.74) is 0.160. The SMILES string of the molecule is CCC1CCCC2CC(C)(C)OC12. The molecule has 2 fully saturated rings. The minimum absolute atomic E-state index is 0.160. The molecule has 1 aliphatic carbocycles. The largest absolute Gasteiger partial charge is 0.372 e. The van der Waals surface area contributed by atoms with Crippen molar-refractivity contribution in [2.45, 2.75) is 64.6 Å². The molecule has 0 bridgehead atoms. The lowest BCUT2D eigenvalue weighted by molar-refractivity contribution is -0.0585. The number of hydrogen-bond donors (Lipinski definition) is 0. The maximum absolute atomic E-state index is 6.16. The molecule has 2 aliphatic rings. The van der Waals surface area contributed by atoms with Crippen LogP contribution in [0.3, 0.4) is 0 Å². The van der Waals surface area contributed by atoms with Crippen LogP contribution in [0.15, 0.2) is 0 Å². The Bertz CT molecular complexity index is 186. The molecule has 3 atom stereocenters. The summed E-state index contributed by atoms with van der Waals surface area (Å²) in [6.45, 7) is 6.80. The van der Waals surface area contributed by atoms with Crippen LogP contribution in [0.4, 0.5) is 0 Å². The van der Waals surface area contributed by atoms with Gasteiger partial charge in [0.05, 0.1) is 11.7 Å². The van der Waals surface area contributed by atoms with Crippen molar-refractivity contribution in [1.82, 2.24) is 0 Å². The van der Waals surface area contributed by atoms with Crippen molar-refractivity contribution in [2.24, 2.45) is 11.8 Å². The average molecular weight is 182 g/mol. The molecule has 1 heterocycles. The maximum atomic E-state index is 6.16. The second-order valence-corrected chi connectivity index (χ2v) is 5.41. The molecular formula is C12H22O. The van der Waals surface area contributed by atoms with E-state index in [9.17, 15) is 0 Å². The molecule has 3 unspecified atom stereocenters. The van der Waals surface area contributed by atoms with Gasteiger partial charge in [-0.15, -0.1) is 0 Å². The monoisotopic (exact) mass is 182 g/mol. The molecule has 2 rings (SSSR count). The van der Waals surface area contributed by atoms with Gasteiger partial charge < -0.3 is 4.74 Å². The maximum Gasteiger partial charge on any atom is 0.0639 e. The summed E-state index contributed by atoms with van der Waals surface area (Å²) in [5, 5.41) is 0. The number of fused-ring (bicyclic) bond motifs is 1. The zero-order valence-electron chi connectivity index (χ0n) is 9.18. The summed E-state index contributed by atoms with van der Waals surface area (Å²) in [4.78, 5) is 0. The Morgan fingerprint density at radius 3 is 2.77 bits per heavy atom. The lowest BCUT2D eigenvalue weighted by Gasteiger charge is -2.32. The molecule has 1 heteroatoms. The van der Waals surface area contributed by atoms with E-state index in [2.05, 4.69) is 20.8 Å². The van der Waals surface area contributed by atoms with Gasteiger partial charge in [-0.25, -0.2) is 0 Å². The standard InChI is InChI=1S/C12H22O/c1-4-9-6-5-7-10-8-12(2,3)13-11(9)10/h9-11H,4-8H2,1-3H3. The summed E-state index contributed by atoms with van der Waals surface area (Å²) in [6, 6.07) is 0. The van der Waals surface area contributed by atoms with Gasteiger partial charge in [0.25, 0.3) is 0 Å². The smallest absolute Gasteiger partial charge is 0.0639 e. The molecule has 0 aromatic rings. The van der Waals surface area contributed by atoms with E-state index in [-0.39, 0.29) is 5.60 Å². The van der Waals surface area contributed by atoms with Gasteiger partial charge in [-0.2, -0.15) is 0 Å². The van der Waals surface area contributed by atoms with Crippen molar-refractivity contribution in [2.75, 3.05) is 0 Å². The molecule has 1 aliphatic heterocycles. The fourth-order valence-electron chi connectivity index (χ4n) is 3.25. The van der Waals surface area contributed by atoms with Crippen LogP contribution in [-0.2, 0) is 4.74 Å². The van der Waals surface area contributed by atoms with E-state index in [0.29, 0.717) is 6.10 Å². The van der Waals surface area contributed by atoms with Gasteiger partial charge in [0.15, 0.2) is 0 Å². The molecule has 13 heavy (non-hydrogen) atoms. The van der Waals surface area contributed by atoms with E-state index < -0.39 is 0 Å². The lowest BCUT2D eigenvalue weighted by Crippen LogP contribution is -2.31. The minimum atomic E-state index is 0.160. The Hall–Kier alpha value is -0.0400. The normalized spacial score (nSPS) is 43.2. The Kier molecular flexibility index (Phi) is 2.39. The fourth-order valence-corrected chi connectivity index (χ4v) is 3.25. The summed E-state index contributed by atoms with van der Waals surface area (Å²) >= 11 is 0. The van der Waals surface area contributed by atoms with Crippen LogP contribution in [0, 0.1) is 11.8 Å². The van der Waals surface area contributed by atoms with Gasteiger partial charge in [-0.05, 0) is 44.9 Å². The van der Waals surface area contributed by atoms with Crippen molar-refractivity contribution < 1.29 is 4.74 Å². The van der Waals surface area contributed by atoms with E-state index in [1.165, 1.54) is 32.1 Å². The first-order chi connectivity index (χ1) is 6.12. The minimum Gasteiger partial charge on any atom is -0.372 e. The molecule has 0 amide bonds. The second-order valence-electron chi connectivity index (χ2n) is 5.41. The van der Waals surface area contributed by atoms with Gasteiger partial charge in [-0.3, -0.25) is 0 Å². The third-order valence-electron chi connectivity index (χ3n) is 3.81. The highest BCUT2D eigenvalue weighted by molar-refractivity contribution is 4.93. The van der Waals surface area contributed by atoms with Crippen LogP contribution < -0.4 is 0 Å².